The molecule has 2 heterocycles. The van der Waals surface area contributed by atoms with Gasteiger partial charge in [0.1, 0.15) is 0 Å². The first kappa shape index (κ1) is 9.77. The zero-order chi connectivity index (χ0) is 10.1. The van der Waals surface area contributed by atoms with Gasteiger partial charge in [-0.25, -0.2) is 0 Å². The molecular weight excluding hydrogens is 218 g/mol. The lowest BCUT2D eigenvalue weighted by Gasteiger charge is -2.08. The molecule has 74 valence electrons. The van der Waals surface area contributed by atoms with Crippen LogP contribution >= 0.6 is 22.9 Å². The average molecular weight is 228 g/mol. The lowest BCUT2D eigenvalue weighted by molar-refractivity contribution is 0.564. The van der Waals surface area contributed by atoms with E-state index in [9.17, 15) is 0 Å². The van der Waals surface area contributed by atoms with Gasteiger partial charge in [0, 0.05) is 10.4 Å². The highest BCUT2D eigenvalue weighted by Gasteiger charge is 2.17. The van der Waals surface area contributed by atoms with E-state index >= 15 is 0 Å². The lowest BCUT2D eigenvalue weighted by atomic mass is 10.1. The van der Waals surface area contributed by atoms with Gasteiger partial charge in [0.15, 0.2) is 5.22 Å². The van der Waals surface area contributed by atoms with Crippen molar-refractivity contribution in [1.29, 1.82) is 0 Å². The Kier molecular flexibility index (Phi) is 2.63. The van der Waals surface area contributed by atoms with Gasteiger partial charge in [-0.15, -0.1) is 11.3 Å². The fourth-order valence-electron chi connectivity index (χ4n) is 1.37. The maximum Gasteiger partial charge on any atom is 0.198 e. The van der Waals surface area contributed by atoms with E-state index in [0.717, 1.165) is 10.4 Å². The molecule has 1 unspecified atom stereocenters. The minimum absolute atomic E-state index is 0.179. The average Bonchev–Trinajstić information content (AvgIpc) is 2.73. The standard InChI is InChI=1S/C10H10ClNOS/c1-6-3-5-14-9(6)8(12)7-2-4-13-10(7)11/h2-5,8H,12H2,1H3. The van der Waals surface area contributed by atoms with Crippen molar-refractivity contribution in [2.24, 2.45) is 5.73 Å². The molecule has 0 aliphatic carbocycles. The van der Waals surface area contributed by atoms with Gasteiger partial charge in [0.2, 0.25) is 0 Å². The molecule has 0 bridgehead atoms. The molecule has 0 aromatic carbocycles. The van der Waals surface area contributed by atoms with E-state index in [2.05, 4.69) is 0 Å². The third-order valence-electron chi connectivity index (χ3n) is 2.17. The van der Waals surface area contributed by atoms with E-state index in [0.29, 0.717) is 5.22 Å². The summed E-state index contributed by atoms with van der Waals surface area (Å²) in [5.41, 5.74) is 8.11. The van der Waals surface area contributed by atoms with Crippen LogP contribution in [0, 0.1) is 6.92 Å². The van der Waals surface area contributed by atoms with Crippen LogP contribution in [-0.4, -0.2) is 0 Å². The number of hydrogen-bond acceptors (Lipinski definition) is 3. The topological polar surface area (TPSA) is 39.2 Å². The van der Waals surface area contributed by atoms with E-state index in [1.807, 2.05) is 24.4 Å². The van der Waals surface area contributed by atoms with Gasteiger partial charge in [0.25, 0.3) is 0 Å². The largest absolute Gasteiger partial charge is 0.453 e. The molecule has 0 saturated heterocycles. The van der Waals surface area contributed by atoms with Crippen molar-refractivity contribution >= 4 is 22.9 Å². The van der Waals surface area contributed by atoms with E-state index in [4.69, 9.17) is 21.8 Å². The molecule has 2 aromatic heterocycles. The van der Waals surface area contributed by atoms with Crippen molar-refractivity contribution in [3.8, 4) is 0 Å². The summed E-state index contributed by atoms with van der Waals surface area (Å²) in [6.07, 6.45) is 1.56. The molecule has 0 radical (unpaired) electrons. The van der Waals surface area contributed by atoms with Crippen molar-refractivity contribution < 1.29 is 4.42 Å². The molecule has 2 rings (SSSR count). The molecule has 1 atom stereocenters. The quantitative estimate of drug-likeness (QED) is 0.855. The molecule has 2 N–H and O–H groups in total. The third kappa shape index (κ3) is 1.59. The third-order valence-corrected chi connectivity index (χ3v) is 3.57. The van der Waals surface area contributed by atoms with Crippen LogP contribution < -0.4 is 5.73 Å². The molecule has 0 saturated carbocycles. The van der Waals surface area contributed by atoms with Crippen LogP contribution in [-0.2, 0) is 0 Å². The Morgan fingerprint density at radius 1 is 1.50 bits per heavy atom. The van der Waals surface area contributed by atoms with E-state index < -0.39 is 0 Å². The summed E-state index contributed by atoms with van der Waals surface area (Å²) in [4.78, 5) is 1.13. The van der Waals surface area contributed by atoms with Gasteiger partial charge in [-0.2, -0.15) is 0 Å². The van der Waals surface area contributed by atoms with Gasteiger partial charge in [-0.05, 0) is 41.6 Å². The summed E-state index contributed by atoms with van der Waals surface area (Å²) in [7, 11) is 0. The van der Waals surface area contributed by atoms with Crippen LogP contribution in [0.1, 0.15) is 22.0 Å². The number of nitrogens with two attached hydrogens (primary N) is 1. The molecular formula is C10H10ClNOS. The summed E-state index contributed by atoms with van der Waals surface area (Å²) < 4.78 is 5.01. The first-order valence-electron chi connectivity index (χ1n) is 4.22. The first-order valence-corrected chi connectivity index (χ1v) is 5.48. The minimum Gasteiger partial charge on any atom is -0.453 e. The van der Waals surface area contributed by atoms with Crippen LogP contribution in [0.15, 0.2) is 28.2 Å². The number of hydrogen-bond donors (Lipinski definition) is 1. The molecule has 2 aromatic rings. The predicted molar refractivity (Wildman–Crippen MR) is 58.8 cm³/mol. The van der Waals surface area contributed by atoms with Gasteiger partial charge in [-0.3, -0.25) is 0 Å². The molecule has 4 heteroatoms. The summed E-state index contributed by atoms with van der Waals surface area (Å²) in [5, 5.41) is 2.41. The van der Waals surface area contributed by atoms with Gasteiger partial charge in [-0.1, -0.05) is 0 Å². The maximum absolute atomic E-state index is 6.07. The minimum atomic E-state index is -0.179. The molecule has 0 aliphatic heterocycles. The highest BCUT2D eigenvalue weighted by Crippen LogP contribution is 2.31. The fourth-order valence-corrected chi connectivity index (χ4v) is 2.55. The summed E-state index contributed by atoms with van der Waals surface area (Å²) in [6, 6.07) is 3.68. The Bertz CT molecular complexity index is 395. The molecule has 14 heavy (non-hydrogen) atoms. The second kappa shape index (κ2) is 3.77. The Labute approximate surface area is 91.3 Å². The SMILES string of the molecule is Cc1ccsc1C(N)c1ccoc1Cl. The number of halogens is 1. The van der Waals surface area contributed by atoms with Crippen molar-refractivity contribution in [3.63, 3.8) is 0 Å². The monoisotopic (exact) mass is 227 g/mol. The normalized spacial score (nSPS) is 13.1. The zero-order valence-corrected chi connectivity index (χ0v) is 9.23. The number of rotatable bonds is 2. The zero-order valence-electron chi connectivity index (χ0n) is 7.66. The smallest absolute Gasteiger partial charge is 0.198 e. The number of aryl methyl sites for hydroxylation is 1. The van der Waals surface area contributed by atoms with Crippen LogP contribution in [0.2, 0.25) is 5.22 Å². The maximum atomic E-state index is 6.07. The second-order valence-corrected chi connectivity index (χ2v) is 4.39. The van der Waals surface area contributed by atoms with Gasteiger partial charge < -0.3 is 10.2 Å². The van der Waals surface area contributed by atoms with Crippen LogP contribution in [0.25, 0.3) is 0 Å². The lowest BCUT2D eigenvalue weighted by Crippen LogP contribution is -2.10. The molecule has 0 fully saturated rings. The molecule has 2 nitrogen and oxygen atoms in total. The second-order valence-electron chi connectivity index (χ2n) is 3.10. The summed E-state index contributed by atoms with van der Waals surface area (Å²) in [5.74, 6) is 0. The Hall–Kier alpha value is -0.770. The van der Waals surface area contributed by atoms with E-state index in [1.54, 1.807) is 17.6 Å². The molecule has 0 spiro atoms. The van der Waals surface area contributed by atoms with Crippen molar-refractivity contribution in [3.05, 3.63) is 45.0 Å². The van der Waals surface area contributed by atoms with E-state index in [1.165, 1.54) is 5.56 Å². The highest BCUT2D eigenvalue weighted by atomic mass is 35.5. The fraction of sp³-hybridized carbons (Fsp3) is 0.200. The molecule has 0 aliphatic rings. The first-order chi connectivity index (χ1) is 6.70. The van der Waals surface area contributed by atoms with Crippen molar-refractivity contribution in [1.82, 2.24) is 0 Å². The summed E-state index contributed by atoms with van der Waals surface area (Å²) >= 11 is 7.50. The van der Waals surface area contributed by atoms with Gasteiger partial charge >= 0.3 is 0 Å². The van der Waals surface area contributed by atoms with Crippen molar-refractivity contribution in [2.75, 3.05) is 0 Å². The Morgan fingerprint density at radius 3 is 2.79 bits per heavy atom. The highest BCUT2D eigenvalue weighted by molar-refractivity contribution is 7.10. The van der Waals surface area contributed by atoms with E-state index in [-0.39, 0.29) is 6.04 Å². The number of furan rings is 1. The van der Waals surface area contributed by atoms with Crippen LogP contribution in [0.4, 0.5) is 0 Å². The summed E-state index contributed by atoms with van der Waals surface area (Å²) in [6.45, 7) is 2.04. The predicted octanol–water partition coefficient (Wildman–Crippen LogP) is 3.35. The van der Waals surface area contributed by atoms with Crippen molar-refractivity contribution in [2.45, 2.75) is 13.0 Å². The Balaban J connectivity index is 2.38. The molecule has 0 amide bonds. The van der Waals surface area contributed by atoms with Crippen LogP contribution in [0.5, 0.6) is 0 Å². The van der Waals surface area contributed by atoms with Crippen LogP contribution in [0.3, 0.4) is 0 Å². The van der Waals surface area contributed by atoms with Gasteiger partial charge in [0.05, 0.1) is 12.3 Å². The number of thiophene rings is 1. The Morgan fingerprint density at radius 2 is 2.29 bits per heavy atom.